The maximum absolute atomic E-state index is 14.0. The van der Waals surface area contributed by atoms with Gasteiger partial charge in [-0.3, -0.25) is 14.4 Å². The third-order valence-electron chi connectivity index (χ3n) is 8.56. The molecular weight excluding hydrogens is 482 g/mol. The average Bonchev–Trinajstić information content (AvgIpc) is 3.56. The van der Waals surface area contributed by atoms with E-state index in [2.05, 4.69) is 17.6 Å². The fourth-order valence-corrected chi connectivity index (χ4v) is 6.77. The van der Waals surface area contributed by atoms with E-state index in [0.717, 1.165) is 57.1 Å². The summed E-state index contributed by atoms with van der Waals surface area (Å²) < 4.78 is 11.9. The van der Waals surface area contributed by atoms with Crippen molar-refractivity contribution in [2.75, 3.05) is 18.5 Å². The van der Waals surface area contributed by atoms with Crippen molar-refractivity contribution in [3.05, 3.63) is 36.4 Å². The summed E-state index contributed by atoms with van der Waals surface area (Å²) in [6.07, 6.45) is 12.6. The summed E-state index contributed by atoms with van der Waals surface area (Å²) >= 11 is 0. The summed E-state index contributed by atoms with van der Waals surface area (Å²) in [7, 11) is 0. The molecule has 38 heavy (non-hydrogen) atoms. The summed E-state index contributed by atoms with van der Waals surface area (Å²) in [6, 6.07) is 6.57. The molecule has 5 rings (SSSR count). The maximum atomic E-state index is 14.0. The number of hydrogen-bond donors (Lipinski definition) is 2. The monoisotopic (exact) mass is 523 g/mol. The summed E-state index contributed by atoms with van der Waals surface area (Å²) in [5.41, 5.74) is -0.473. The minimum atomic E-state index is -1.11. The van der Waals surface area contributed by atoms with E-state index < -0.39 is 29.6 Å². The fourth-order valence-electron chi connectivity index (χ4n) is 6.77. The van der Waals surface area contributed by atoms with Crippen LogP contribution in [-0.2, 0) is 19.1 Å². The molecule has 1 saturated carbocycles. The molecule has 8 heteroatoms. The van der Waals surface area contributed by atoms with E-state index >= 15 is 0 Å². The van der Waals surface area contributed by atoms with Gasteiger partial charge in [0.15, 0.2) is 0 Å². The van der Waals surface area contributed by atoms with Crippen molar-refractivity contribution >= 4 is 23.4 Å². The van der Waals surface area contributed by atoms with Crippen LogP contribution in [0, 0.1) is 11.8 Å². The minimum Gasteiger partial charge on any atom is -0.494 e. The van der Waals surface area contributed by atoms with Crippen molar-refractivity contribution in [2.24, 2.45) is 11.8 Å². The van der Waals surface area contributed by atoms with Crippen molar-refractivity contribution in [3.63, 3.8) is 0 Å². The van der Waals surface area contributed by atoms with Crippen LogP contribution >= 0.6 is 0 Å². The molecule has 8 nitrogen and oxygen atoms in total. The number of anilines is 1. The van der Waals surface area contributed by atoms with Crippen molar-refractivity contribution < 1.29 is 23.9 Å². The number of carbonyl (C=O) groups excluding carboxylic acids is 3. The average molecular weight is 524 g/mol. The number of benzene rings is 1. The molecule has 3 aliphatic heterocycles. The van der Waals surface area contributed by atoms with Crippen molar-refractivity contribution in [1.29, 1.82) is 0 Å². The highest BCUT2D eigenvalue weighted by atomic mass is 16.5. The second-order valence-electron chi connectivity index (χ2n) is 11.1. The van der Waals surface area contributed by atoms with E-state index in [1.165, 1.54) is 6.42 Å². The van der Waals surface area contributed by atoms with E-state index in [9.17, 15) is 14.4 Å². The lowest BCUT2D eigenvalue weighted by Crippen LogP contribution is -2.56. The summed E-state index contributed by atoms with van der Waals surface area (Å²) in [5, 5.41) is 6.22. The number of unbranched alkanes of at least 4 members (excludes halogenated alkanes) is 3. The molecule has 4 aliphatic rings. The molecule has 0 unspecified atom stereocenters. The molecular formula is C30H41N3O5. The minimum absolute atomic E-state index is 0.130. The molecule has 3 amide bonds. The van der Waals surface area contributed by atoms with Gasteiger partial charge in [-0.25, -0.2) is 0 Å². The van der Waals surface area contributed by atoms with Gasteiger partial charge in [0, 0.05) is 18.3 Å². The predicted octanol–water partition coefficient (Wildman–Crippen LogP) is 4.20. The van der Waals surface area contributed by atoms with E-state index in [1.54, 1.807) is 17.0 Å². The third kappa shape index (κ3) is 4.95. The first kappa shape index (κ1) is 26.7. The number of nitrogens with one attached hydrogen (secondary N) is 2. The van der Waals surface area contributed by atoms with Crippen LogP contribution in [0.2, 0.25) is 0 Å². The van der Waals surface area contributed by atoms with Crippen LogP contribution < -0.4 is 15.4 Å². The third-order valence-corrected chi connectivity index (χ3v) is 8.56. The van der Waals surface area contributed by atoms with Gasteiger partial charge in [-0.1, -0.05) is 57.6 Å². The van der Waals surface area contributed by atoms with Crippen LogP contribution in [0.4, 0.5) is 5.69 Å². The van der Waals surface area contributed by atoms with Crippen LogP contribution in [0.1, 0.15) is 71.6 Å². The van der Waals surface area contributed by atoms with Gasteiger partial charge in [0.2, 0.25) is 17.7 Å². The molecule has 3 fully saturated rings. The van der Waals surface area contributed by atoms with Crippen LogP contribution in [0.3, 0.4) is 0 Å². The molecule has 5 atom stereocenters. The topological polar surface area (TPSA) is 97.0 Å². The van der Waals surface area contributed by atoms with E-state index in [1.807, 2.05) is 31.2 Å². The molecule has 0 aromatic heterocycles. The largest absolute Gasteiger partial charge is 0.494 e. The first-order chi connectivity index (χ1) is 18.5. The number of likely N-dealkylation sites (tertiary alicyclic amines) is 1. The molecule has 0 radical (unpaired) electrons. The molecule has 2 saturated heterocycles. The number of fused-ring (bicyclic) bond motifs is 1. The molecule has 1 aromatic rings. The molecule has 1 aromatic carbocycles. The number of amides is 3. The van der Waals surface area contributed by atoms with Crippen molar-refractivity contribution in [1.82, 2.24) is 10.2 Å². The van der Waals surface area contributed by atoms with Gasteiger partial charge < -0.3 is 25.0 Å². The van der Waals surface area contributed by atoms with Crippen LogP contribution in [-0.4, -0.2) is 59.6 Å². The number of nitrogens with zero attached hydrogens (tertiary/aromatic N) is 1. The maximum Gasteiger partial charge on any atom is 0.246 e. The molecule has 3 heterocycles. The highest BCUT2D eigenvalue weighted by molar-refractivity contribution is 6.02. The number of hydrogen-bond acceptors (Lipinski definition) is 5. The highest BCUT2D eigenvalue weighted by Crippen LogP contribution is 2.55. The quantitative estimate of drug-likeness (QED) is 0.335. The summed E-state index contributed by atoms with van der Waals surface area (Å²) in [5.74, 6) is -1.24. The zero-order valence-electron chi connectivity index (χ0n) is 22.6. The van der Waals surface area contributed by atoms with Gasteiger partial charge >= 0.3 is 0 Å². The standard InChI is InChI=1S/C30H41N3O5/c1-3-5-6-10-19-33-26(28(35)32-20-11-8-7-9-12-20)30-18-17-23(38-30)24(25(30)29(33)36)27(34)31-21-13-15-22(16-14-21)37-4-2/h13-18,20,23-26H,3-12,19H2,1-2H3,(H,31,34)(H,32,35)/t23-,24-,25-,26+,30+/m1/s1. The molecule has 1 spiro atoms. The zero-order chi connectivity index (χ0) is 26.7. The van der Waals surface area contributed by atoms with Gasteiger partial charge in [0.25, 0.3) is 0 Å². The van der Waals surface area contributed by atoms with Gasteiger partial charge in [-0.2, -0.15) is 0 Å². The zero-order valence-corrected chi connectivity index (χ0v) is 22.6. The van der Waals surface area contributed by atoms with Crippen molar-refractivity contribution in [2.45, 2.75) is 95.4 Å². The van der Waals surface area contributed by atoms with E-state index in [0.29, 0.717) is 18.8 Å². The Morgan fingerprint density at radius 1 is 1.05 bits per heavy atom. The Labute approximate surface area is 225 Å². The lowest BCUT2D eigenvalue weighted by molar-refractivity contribution is -0.141. The second-order valence-corrected chi connectivity index (χ2v) is 11.1. The van der Waals surface area contributed by atoms with Gasteiger partial charge in [-0.05, 0) is 50.5 Å². The van der Waals surface area contributed by atoms with E-state index in [4.69, 9.17) is 9.47 Å². The first-order valence-corrected chi connectivity index (χ1v) is 14.5. The molecule has 1 aliphatic carbocycles. The number of ether oxygens (including phenoxy) is 2. The second kappa shape index (κ2) is 11.5. The Balaban J connectivity index is 1.37. The van der Waals surface area contributed by atoms with Gasteiger partial charge in [0.1, 0.15) is 17.4 Å². The molecule has 206 valence electrons. The molecule has 2 N–H and O–H groups in total. The first-order valence-electron chi connectivity index (χ1n) is 14.5. The van der Waals surface area contributed by atoms with Crippen LogP contribution in [0.25, 0.3) is 0 Å². The predicted molar refractivity (Wildman–Crippen MR) is 145 cm³/mol. The van der Waals surface area contributed by atoms with Crippen LogP contribution in [0.15, 0.2) is 36.4 Å². The number of rotatable bonds is 11. The lowest BCUT2D eigenvalue weighted by atomic mass is 9.74. The SMILES string of the molecule is CCCCCCN1C(=O)[C@H]2[C@H](C(=O)Nc3ccc(OCC)cc3)[C@H]3C=C[C@@]2(O3)[C@@H]1C(=O)NC1CCCCC1. The Kier molecular flexibility index (Phi) is 8.07. The summed E-state index contributed by atoms with van der Waals surface area (Å²) in [6.45, 7) is 5.13. The highest BCUT2D eigenvalue weighted by Gasteiger charge is 2.72. The van der Waals surface area contributed by atoms with E-state index in [-0.39, 0.29) is 23.8 Å². The van der Waals surface area contributed by atoms with Crippen LogP contribution in [0.5, 0.6) is 5.75 Å². The molecule has 2 bridgehead atoms. The Morgan fingerprint density at radius 3 is 2.53 bits per heavy atom. The Hall–Kier alpha value is -2.87. The smallest absolute Gasteiger partial charge is 0.246 e. The summed E-state index contributed by atoms with van der Waals surface area (Å²) in [4.78, 5) is 43.0. The number of carbonyl (C=O) groups is 3. The fraction of sp³-hybridized carbons (Fsp3) is 0.633. The Morgan fingerprint density at radius 2 is 1.82 bits per heavy atom. The van der Waals surface area contributed by atoms with Crippen molar-refractivity contribution in [3.8, 4) is 5.75 Å². The lowest BCUT2D eigenvalue weighted by Gasteiger charge is -2.34. The Bertz CT molecular complexity index is 1050. The van der Waals surface area contributed by atoms with Gasteiger partial charge in [0.05, 0.1) is 24.5 Å². The van der Waals surface area contributed by atoms with Gasteiger partial charge in [-0.15, -0.1) is 0 Å². The normalized spacial score (nSPS) is 29.9.